The average Bonchev–Trinajstić information content (AvgIpc) is 3.41. The van der Waals surface area contributed by atoms with Gasteiger partial charge in [-0.2, -0.15) is 0 Å². The van der Waals surface area contributed by atoms with Gasteiger partial charge in [-0.3, -0.25) is 9.69 Å². The predicted octanol–water partition coefficient (Wildman–Crippen LogP) is 4.97. The van der Waals surface area contributed by atoms with E-state index < -0.39 is 11.4 Å². The fraction of sp³-hybridized carbons (Fsp3) is 0.480. The van der Waals surface area contributed by atoms with E-state index in [1.165, 1.54) is 18.5 Å². The topological polar surface area (TPSA) is 89.8 Å². The number of allylic oxidation sites excluding steroid dienone is 2. The van der Waals surface area contributed by atoms with E-state index in [9.17, 15) is 4.79 Å². The fourth-order valence-corrected chi connectivity index (χ4v) is 5.57. The molecule has 1 aliphatic carbocycles. The fourth-order valence-electron chi connectivity index (χ4n) is 4.49. The first-order valence-corrected chi connectivity index (χ1v) is 13.1. The second kappa shape index (κ2) is 10.9. The molecule has 2 atom stereocenters. The normalized spacial score (nSPS) is 20.8. The van der Waals surface area contributed by atoms with Gasteiger partial charge in [-0.25, -0.2) is 4.98 Å². The van der Waals surface area contributed by atoms with Gasteiger partial charge in [-0.05, 0) is 56.1 Å². The highest BCUT2D eigenvalue weighted by Crippen LogP contribution is 2.30. The number of anilines is 1. The van der Waals surface area contributed by atoms with Gasteiger partial charge in [0.25, 0.3) is 5.56 Å². The van der Waals surface area contributed by atoms with Gasteiger partial charge in [0.05, 0.1) is 17.1 Å². The van der Waals surface area contributed by atoms with Crippen LogP contribution in [0.2, 0.25) is 0 Å². The van der Waals surface area contributed by atoms with Crippen molar-refractivity contribution in [2.45, 2.75) is 51.1 Å². The van der Waals surface area contributed by atoms with Crippen LogP contribution in [0.1, 0.15) is 49.5 Å². The van der Waals surface area contributed by atoms with Crippen molar-refractivity contribution in [1.82, 2.24) is 19.4 Å². The number of aromatic nitrogens is 3. The molecule has 0 bridgehead atoms. The lowest BCUT2D eigenvalue weighted by Gasteiger charge is -2.26. The number of rotatable bonds is 8. The molecule has 10 heteroatoms. The van der Waals surface area contributed by atoms with Crippen LogP contribution in [0.15, 0.2) is 39.1 Å². The molecule has 0 radical (unpaired) electrons. The number of likely N-dealkylation sites (tertiary alicyclic amines) is 1. The summed E-state index contributed by atoms with van der Waals surface area (Å²) in [5.41, 5.74) is 2.29. The molecular weight excluding hydrogens is 507 g/mol. The van der Waals surface area contributed by atoms with Crippen molar-refractivity contribution in [2.75, 3.05) is 18.4 Å². The van der Waals surface area contributed by atoms with Gasteiger partial charge in [0, 0.05) is 41.5 Å². The third-order valence-electron chi connectivity index (χ3n) is 6.58. The SMILES string of the molecule is CC(C)C(=N)c1c(NC2C(Cl)=CC(Cl)=CC2Cl)nc(Cc2ccc(CN3CCCC3)n2C)[nH]c1=O. The van der Waals surface area contributed by atoms with Crippen molar-refractivity contribution in [2.24, 2.45) is 13.0 Å². The third-order valence-corrected chi connectivity index (χ3v) is 7.54. The van der Waals surface area contributed by atoms with Gasteiger partial charge in [-0.1, -0.05) is 37.0 Å². The lowest BCUT2D eigenvalue weighted by molar-refractivity contribution is 0.323. The number of aromatic amines is 1. The summed E-state index contributed by atoms with van der Waals surface area (Å²) >= 11 is 19.0. The van der Waals surface area contributed by atoms with Crippen LogP contribution >= 0.6 is 34.8 Å². The maximum Gasteiger partial charge on any atom is 0.262 e. The number of hydrogen-bond acceptors (Lipinski definition) is 5. The van der Waals surface area contributed by atoms with E-state index in [0.717, 1.165) is 25.3 Å². The van der Waals surface area contributed by atoms with Gasteiger partial charge in [-0.15, -0.1) is 11.6 Å². The lowest BCUT2D eigenvalue weighted by Crippen LogP contribution is -2.35. The number of halogens is 3. The van der Waals surface area contributed by atoms with Crippen molar-refractivity contribution in [3.63, 3.8) is 0 Å². The predicted molar refractivity (Wildman–Crippen MR) is 144 cm³/mol. The van der Waals surface area contributed by atoms with E-state index in [2.05, 4.69) is 31.9 Å². The molecule has 1 saturated heterocycles. The second-order valence-electron chi connectivity index (χ2n) is 9.49. The highest BCUT2D eigenvalue weighted by Gasteiger charge is 2.28. The molecule has 1 aliphatic heterocycles. The summed E-state index contributed by atoms with van der Waals surface area (Å²) in [6.45, 7) is 6.91. The summed E-state index contributed by atoms with van der Waals surface area (Å²) in [4.78, 5) is 23.3. The molecule has 3 N–H and O–H groups in total. The molecule has 2 aromatic heterocycles. The first-order chi connectivity index (χ1) is 16.6. The Balaban J connectivity index is 1.65. The van der Waals surface area contributed by atoms with E-state index in [4.69, 9.17) is 45.2 Å². The van der Waals surface area contributed by atoms with Crippen molar-refractivity contribution in [1.29, 1.82) is 5.41 Å². The van der Waals surface area contributed by atoms with E-state index in [-0.39, 0.29) is 22.8 Å². The van der Waals surface area contributed by atoms with E-state index >= 15 is 0 Å². The van der Waals surface area contributed by atoms with Gasteiger partial charge in [0.2, 0.25) is 0 Å². The number of hydrogen-bond donors (Lipinski definition) is 3. The minimum Gasteiger partial charge on any atom is -0.360 e. The highest BCUT2D eigenvalue weighted by molar-refractivity contribution is 6.37. The first-order valence-electron chi connectivity index (χ1n) is 11.9. The first kappa shape index (κ1) is 26.0. The summed E-state index contributed by atoms with van der Waals surface area (Å²) in [7, 11) is 2.04. The van der Waals surface area contributed by atoms with Crippen molar-refractivity contribution in [3.8, 4) is 0 Å². The second-order valence-corrected chi connectivity index (χ2v) is 10.9. The van der Waals surface area contributed by atoms with E-state index in [1.54, 1.807) is 12.2 Å². The maximum atomic E-state index is 13.2. The molecule has 3 heterocycles. The zero-order valence-electron chi connectivity index (χ0n) is 20.2. The highest BCUT2D eigenvalue weighted by atomic mass is 35.5. The van der Waals surface area contributed by atoms with Crippen molar-refractivity contribution >= 4 is 46.3 Å². The zero-order valence-corrected chi connectivity index (χ0v) is 22.4. The molecule has 1 fully saturated rings. The van der Waals surface area contributed by atoms with Crippen LogP contribution in [-0.2, 0) is 20.0 Å². The zero-order chi connectivity index (χ0) is 25.3. The Hall–Kier alpha value is -2.06. The Morgan fingerprint density at radius 1 is 1.26 bits per heavy atom. The molecule has 7 nitrogen and oxygen atoms in total. The van der Waals surface area contributed by atoms with Crippen LogP contribution in [0.5, 0.6) is 0 Å². The molecule has 0 spiro atoms. The standard InChI is InChI=1S/C25H31Cl3N6O/c1-14(2)22(29)21-24(32-23-18(27)10-15(26)11-19(23)28)30-20(31-25(21)35)12-16-6-7-17(33(16)3)13-34-8-4-5-9-34/h6-7,10-11,14,18,23,29H,4-5,8-9,12-13H2,1-3H3,(H2,30,31,32,35). The van der Waals surface area contributed by atoms with E-state index in [1.807, 2.05) is 20.9 Å². The van der Waals surface area contributed by atoms with Crippen LogP contribution in [0, 0.1) is 11.3 Å². The number of nitrogens with zero attached hydrogens (tertiary/aromatic N) is 3. The summed E-state index contributed by atoms with van der Waals surface area (Å²) in [5, 5.41) is 12.1. The number of nitrogens with one attached hydrogen (secondary N) is 3. The monoisotopic (exact) mass is 536 g/mol. The molecule has 0 amide bonds. The summed E-state index contributed by atoms with van der Waals surface area (Å²) in [5.74, 6) is 0.633. The average molecular weight is 538 g/mol. The Labute approximate surface area is 220 Å². The van der Waals surface area contributed by atoms with Gasteiger partial charge in [0.1, 0.15) is 17.2 Å². The van der Waals surface area contributed by atoms with Gasteiger partial charge in [0.15, 0.2) is 0 Å². The van der Waals surface area contributed by atoms with Crippen molar-refractivity contribution in [3.05, 3.63) is 67.5 Å². The summed E-state index contributed by atoms with van der Waals surface area (Å²) in [6.07, 6.45) is 6.25. The Morgan fingerprint density at radius 3 is 2.60 bits per heavy atom. The van der Waals surface area contributed by atoms with Crippen LogP contribution in [0.4, 0.5) is 5.82 Å². The Bertz CT molecular complexity index is 1220. The Morgan fingerprint density at radius 2 is 1.94 bits per heavy atom. The number of alkyl halides is 1. The van der Waals surface area contributed by atoms with Crippen LogP contribution < -0.4 is 10.9 Å². The molecule has 188 valence electrons. The lowest BCUT2D eigenvalue weighted by atomic mass is 10.0. The van der Waals surface area contributed by atoms with E-state index in [0.29, 0.717) is 28.1 Å². The quantitative estimate of drug-likeness (QED) is 0.328. The molecule has 4 rings (SSSR count). The number of H-pyrrole nitrogens is 1. The smallest absolute Gasteiger partial charge is 0.262 e. The van der Waals surface area contributed by atoms with Gasteiger partial charge >= 0.3 is 0 Å². The molecule has 35 heavy (non-hydrogen) atoms. The minimum absolute atomic E-state index is 0.163. The molecular formula is C25H31Cl3N6O. The van der Waals surface area contributed by atoms with Crippen molar-refractivity contribution < 1.29 is 0 Å². The van der Waals surface area contributed by atoms with Crippen LogP contribution in [-0.4, -0.2) is 49.7 Å². The molecule has 2 aromatic rings. The molecule has 2 unspecified atom stereocenters. The molecule has 2 aliphatic rings. The summed E-state index contributed by atoms with van der Waals surface area (Å²) < 4.78 is 2.16. The third kappa shape index (κ3) is 5.85. The summed E-state index contributed by atoms with van der Waals surface area (Å²) in [6, 6.07) is 3.68. The maximum absolute atomic E-state index is 13.2. The largest absolute Gasteiger partial charge is 0.360 e. The molecule has 0 saturated carbocycles. The van der Waals surface area contributed by atoms with Crippen LogP contribution in [0.3, 0.4) is 0 Å². The van der Waals surface area contributed by atoms with Crippen LogP contribution in [0.25, 0.3) is 0 Å². The molecule has 0 aromatic carbocycles. The van der Waals surface area contributed by atoms with Gasteiger partial charge < -0.3 is 20.3 Å². The Kier molecular flexibility index (Phi) is 8.11. The minimum atomic E-state index is -0.536.